The Bertz CT molecular complexity index is 786. The molecule has 0 spiro atoms. The predicted octanol–water partition coefficient (Wildman–Crippen LogP) is 2.23. The van der Waals surface area contributed by atoms with Gasteiger partial charge in [-0.1, -0.05) is 12.7 Å². The number of carboxylic acids is 1. The Balaban J connectivity index is 2.64. The highest BCUT2D eigenvalue weighted by Gasteiger charge is 2.42. The van der Waals surface area contributed by atoms with Gasteiger partial charge in [0.15, 0.2) is 11.5 Å². The smallest absolute Gasteiger partial charge is 0.476 e. The van der Waals surface area contributed by atoms with Crippen molar-refractivity contribution in [2.75, 3.05) is 5.73 Å². The summed E-state index contributed by atoms with van der Waals surface area (Å²) in [5.74, 6) is -2.59. The Morgan fingerprint density at radius 2 is 2.09 bits per heavy atom. The molecular weight excluding hydrogens is 318 g/mol. The van der Waals surface area contributed by atoms with Crippen molar-refractivity contribution in [3.63, 3.8) is 0 Å². The van der Waals surface area contributed by atoms with Crippen LogP contribution in [0.15, 0.2) is 18.7 Å². The quantitative estimate of drug-likeness (QED) is 0.844. The zero-order chi connectivity index (χ0) is 17.4. The average Bonchev–Trinajstić information content (AvgIpc) is 2.48. The average molecular weight is 326 g/mol. The Morgan fingerprint density at radius 3 is 2.52 bits per heavy atom. The molecule has 0 amide bonds. The maximum Gasteiger partial charge on any atom is 0.496 e. The van der Waals surface area contributed by atoms with Crippen LogP contribution in [0.1, 0.15) is 21.7 Å². The number of aromatic carboxylic acids is 1. The van der Waals surface area contributed by atoms with Crippen molar-refractivity contribution in [2.45, 2.75) is 6.18 Å². The highest BCUT2D eigenvalue weighted by molar-refractivity contribution is 5.93. The summed E-state index contributed by atoms with van der Waals surface area (Å²) in [4.78, 5) is 17.8. The van der Waals surface area contributed by atoms with Crippen LogP contribution < -0.4 is 10.7 Å². The Labute approximate surface area is 127 Å². The molecule has 9 heteroatoms. The monoisotopic (exact) mass is 326 g/mol. The van der Waals surface area contributed by atoms with E-state index in [1.807, 2.05) is 6.20 Å². The lowest BCUT2D eigenvalue weighted by molar-refractivity contribution is -0.359. The number of nitrogens with zero attached hydrogens (tertiary/aromatic N) is 2. The van der Waals surface area contributed by atoms with E-state index in [0.29, 0.717) is 6.07 Å². The summed E-state index contributed by atoms with van der Waals surface area (Å²) in [6.07, 6.45) is -1.68. The number of aromatic nitrogens is 2. The molecule has 23 heavy (non-hydrogen) atoms. The van der Waals surface area contributed by atoms with Crippen LogP contribution in [0.2, 0.25) is 0 Å². The zero-order valence-electron chi connectivity index (χ0n) is 11.3. The van der Waals surface area contributed by atoms with Crippen LogP contribution in [-0.4, -0.2) is 16.1 Å². The summed E-state index contributed by atoms with van der Waals surface area (Å²) in [5, 5.41) is 9.07. The van der Waals surface area contributed by atoms with Gasteiger partial charge < -0.3 is 10.8 Å². The van der Waals surface area contributed by atoms with Gasteiger partial charge in [-0.15, -0.1) is 0 Å². The standard InChI is InChI=1S/C14H7F4N3O2/c1-2-7-10(19)9(15)11(21-12(7)13(22)23)6-3-4-8(20-5-6)14(16,17)18/h2-4H,1H2,(H2-,19,21,22,23)/p+1. The first-order valence-electron chi connectivity index (χ1n) is 5.97. The molecule has 0 saturated carbocycles. The number of alkyl halides is 3. The molecule has 0 fully saturated rings. The van der Waals surface area contributed by atoms with Crippen LogP contribution >= 0.6 is 0 Å². The maximum absolute atomic E-state index is 14.2. The molecule has 0 radical (unpaired) electrons. The van der Waals surface area contributed by atoms with Gasteiger partial charge in [0.25, 0.3) is 0 Å². The zero-order valence-corrected chi connectivity index (χ0v) is 11.3. The SMILES string of the molecule is C=Cc1c(C(=O)O)nc(-c2c#[n+]c(C(F)(F)F)cc2)c(F)c1N. The summed E-state index contributed by atoms with van der Waals surface area (Å²) in [6, 6.07) is 1.48. The van der Waals surface area contributed by atoms with E-state index in [1.54, 1.807) is 0 Å². The van der Waals surface area contributed by atoms with Gasteiger partial charge in [0, 0.05) is 11.6 Å². The van der Waals surface area contributed by atoms with E-state index < -0.39 is 40.7 Å². The van der Waals surface area contributed by atoms with E-state index >= 15 is 0 Å². The van der Waals surface area contributed by atoms with Gasteiger partial charge in [-0.3, -0.25) is 0 Å². The first-order valence-corrected chi connectivity index (χ1v) is 5.97. The summed E-state index contributed by atoms with van der Waals surface area (Å²) >= 11 is 0. The molecule has 0 aromatic carbocycles. The number of hydrogen-bond acceptors (Lipinski definition) is 3. The fraction of sp³-hybridized carbons (Fsp3) is 0.0714. The molecule has 5 nitrogen and oxygen atoms in total. The lowest BCUT2D eigenvalue weighted by atomic mass is 10.1. The van der Waals surface area contributed by atoms with Crippen molar-refractivity contribution in [1.82, 2.24) is 4.98 Å². The lowest BCUT2D eigenvalue weighted by Gasteiger charge is -2.08. The van der Waals surface area contributed by atoms with Gasteiger partial charge in [0.1, 0.15) is 11.3 Å². The first-order chi connectivity index (χ1) is 10.7. The molecule has 2 heterocycles. The summed E-state index contributed by atoms with van der Waals surface area (Å²) in [6.45, 7) is 3.32. The third-order valence-corrected chi connectivity index (χ3v) is 2.87. The molecular formula is C14H8F4N3O2+. The molecule has 2 aromatic rings. The number of hydrogen-bond donors (Lipinski definition) is 2. The fourth-order valence-corrected chi connectivity index (χ4v) is 1.79. The van der Waals surface area contributed by atoms with Crippen LogP contribution in [0.25, 0.3) is 17.3 Å². The lowest BCUT2D eigenvalue weighted by Crippen LogP contribution is -2.16. The largest absolute Gasteiger partial charge is 0.496 e. The number of nitrogen functional groups attached to an aromatic ring is 1. The van der Waals surface area contributed by atoms with Gasteiger partial charge in [-0.25, -0.2) is 14.2 Å². The Morgan fingerprint density at radius 1 is 1.43 bits per heavy atom. The molecule has 0 aliphatic carbocycles. The van der Waals surface area contributed by atoms with E-state index in [0.717, 1.165) is 12.1 Å². The van der Waals surface area contributed by atoms with Crippen LogP contribution in [0, 0.1) is 12.0 Å². The number of carboxylic acid groups (broad SMARTS) is 1. The van der Waals surface area contributed by atoms with Crippen LogP contribution in [-0.2, 0) is 6.18 Å². The van der Waals surface area contributed by atoms with Gasteiger partial charge in [0.2, 0.25) is 0 Å². The van der Waals surface area contributed by atoms with Crippen molar-refractivity contribution < 1.29 is 32.4 Å². The molecule has 0 saturated heterocycles. The predicted molar refractivity (Wildman–Crippen MR) is 70.5 cm³/mol. The fourth-order valence-electron chi connectivity index (χ4n) is 1.79. The molecule has 2 aromatic heterocycles. The molecule has 0 aliphatic heterocycles. The summed E-state index contributed by atoms with van der Waals surface area (Å²) < 4.78 is 51.6. The minimum Gasteiger partial charge on any atom is -0.476 e. The number of pyridine rings is 1. The van der Waals surface area contributed by atoms with Gasteiger partial charge in [-0.2, -0.15) is 13.2 Å². The van der Waals surface area contributed by atoms with Crippen LogP contribution in [0.3, 0.4) is 0 Å². The van der Waals surface area contributed by atoms with E-state index in [2.05, 4.69) is 16.5 Å². The van der Waals surface area contributed by atoms with Crippen molar-refractivity contribution in [3.8, 4) is 11.3 Å². The minimum absolute atomic E-state index is 0.223. The molecule has 118 valence electrons. The summed E-state index contributed by atoms with van der Waals surface area (Å²) in [7, 11) is 0. The molecule has 3 N–H and O–H groups in total. The van der Waals surface area contributed by atoms with E-state index in [4.69, 9.17) is 10.8 Å². The van der Waals surface area contributed by atoms with Gasteiger partial charge in [-0.05, 0) is 11.1 Å². The van der Waals surface area contributed by atoms with Crippen LogP contribution in [0.4, 0.5) is 23.2 Å². The van der Waals surface area contributed by atoms with Crippen LogP contribution in [0.5, 0.6) is 0 Å². The molecule has 0 bridgehead atoms. The number of rotatable bonds is 3. The van der Waals surface area contributed by atoms with Gasteiger partial charge in [0.05, 0.1) is 5.69 Å². The van der Waals surface area contributed by atoms with Crippen molar-refractivity contribution in [1.29, 1.82) is 0 Å². The second-order valence-corrected chi connectivity index (χ2v) is 4.31. The van der Waals surface area contributed by atoms with Gasteiger partial charge >= 0.3 is 24.0 Å². The minimum atomic E-state index is -4.68. The molecule has 0 atom stereocenters. The highest BCUT2D eigenvalue weighted by Crippen LogP contribution is 2.30. The van der Waals surface area contributed by atoms with E-state index in [9.17, 15) is 22.4 Å². The van der Waals surface area contributed by atoms with E-state index in [-0.39, 0.29) is 11.1 Å². The maximum atomic E-state index is 14.2. The molecule has 2 rings (SSSR count). The number of anilines is 1. The third kappa shape index (κ3) is 2.91. The number of carbonyl (C=O) groups is 1. The normalized spacial score (nSPS) is 11.0. The Hall–Kier alpha value is -3.15. The topological polar surface area (TPSA) is 90.3 Å². The first kappa shape index (κ1) is 16.2. The van der Waals surface area contributed by atoms with Crippen molar-refractivity contribution in [3.05, 3.63) is 47.7 Å². The van der Waals surface area contributed by atoms with E-state index in [1.165, 1.54) is 0 Å². The second-order valence-electron chi connectivity index (χ2n) is 4.31. The molecule has 0 unspecified atom stereocenters. The second kappa shape index (κ2) is 5.57. The summed E-state index contributed by atoms with van der Waals surface area (Å²) in [5.41, 5.74) is 2.12. The number of halogens is 4. The number of nitrogens with two attached hydrogens (primary N) is 1. The highest BCUT2D eigenvalue weighted by atomic mass is 19.4. The third-order valence-electron chi connectivity index (χ3n) is 2.87. The van der Waals surface area contributed by atoms with Crippen molar-refractivity contribution >= 4 is 17.7 Å². The molecule has 0 aliphatic rings. The van der Waals surface area contributed by atoms with Crippen molar-refractivity contribution in [2.24, 2.45) is 0 Å². The Kier molecular flexibility index (Phi) is 3.93.